The number of rotatable bonds is 14. The lowest BCUT2D eigenvalue weighted by atomic mass is 10.0. The van der Waals surface area contributed by atoms with Gasteiger partial charge in [-0.2, -0.15) is 0 Å². The number of aliphatic hydroxyl groups is 5. The third-order valence-electron chi connectivity index (χ3n) is 6.01. The van der Waals surface area contributed by atoms with Crippen LogP contribution in [0.1, 0.15) is 32.6 Å². The number of unbranched alkanes of at least 4 members (excludes halogenated alkanes) is 3. The average Bonchev–Trinajstić information content (AvgIpc) is 3.09. The van der Waals surface area contributed by atoms with Gasteiger partial charge in [-0.1, -0.05) is 36.0 Å². The Morgan fingerprint density at radius 1 is 0.712 bits per heavy atom. The van der Waals surface area contributed by atoms with E-state index in [0.717, 1.165) is 32.6 Å². The van der Waals surface area contributed by atoms with Gasteiger partial charge in [0, 0.05) is 53.2 Å². The van der Waals surface area contributed by atoms with E-state index in [1.54, 1.807) is 48.5 Å². The molecular formula is C30H45Cl3N10O9. The number of guanidine groups is 4. The highest BCUT2D eigenvalue weighted by molar-refractivity contribution is 6.31. The van der Waals surface area contributed by atoms with Crippen LogP contribution in [-0.2, 0) is 9.59 Å². The molecular weight excluding hydrogens is 751 g/mol. The smallest absolute Gasteiger partial charge is 0.335 e. The fraction of sp³-hybridized carbons (Fsp3) is 0.400. The molecule has 16 N–H and O–H groups in total. The van der Waals surface area contributed by atoms with Gasteiger partial charge in [0.2, 0.25) is 5.96 Å². The van der Waals surface area contributed by atoms with Crippen molar-refractivity contribution in [2.24, 2.45) is 4.51 Å². The van der Waals surface area contributed by atoms with Gasteiger partial charge >= 0.3 is 5.97 Å². The first-order valence-corrected chi connectivity index (χ1v) is 16.4. The molecule has 0 spiro atoms. The number of anilines is 2. The average molecular weight is 796 g/mol. The maximum Gasteiger partial charge on any atom is 0.335 e. The first kappa shape index (κ1) is 47.5. The Morgan fingerprint density at radius 2 is 1.13 bits per heavy atom. The van der Waals surface area contributed by atoms with Gasteiger partial charge < -0.3 is 57.0 Å². The molecule has 2 rings (SSSR count). The zero-order valence-corrected chi connectivity index (χ0v) is 30.2. The van der Waals surface area contributed by atoms with E-state index in [1.807, 2.05) is 0 Å². The topological polar surface area (TPSA) is 332 Å². The quantitative estimate of drug-likeness (QED) is 0.0729. The van der Waals surface area contributed by atoms with E-state index >= 15 is 0 Å². The molecule has 0 aliphatic heterocycles. The minimum absolute atomic E-state index is 0.00212. The van der Waals surface area contributed by atoms with Crippen molar-refractivity contribution in [2.45, 2.75) is 57.0 Å². The summed E-state index contributed by atoms with van der Waals surface area (Å²) in [5.41, 5.74) is 1.42. The molecule has 0 aliphatic carbocycles. The van der Waals surface area contributed by atoms with Crippen molar-refractivity contribution >= 4 is 82.1 Å². The van der Waals surface area contributed by atoms with Crippen LogP contribution < -0.4 is 31.9 Å². The summed E-state index contributed by atoms with van der Waals surface area (Å²) >= 11 is 17.3. The van der Waals surface area contributed by atoms with Crippen molar-refractivity contribution in [2.75, 3.05) is 30.3 Å². The van der Waals surface area contributed by atoms with E-state index in [9.17, 15) is 4.79 Å². The summed E-state index contributed by atoms with van der Waals surface area (Å²) in [6, 6.07) is 13.9. The zero-order valence-electron chi connectivity index (χ0n) is 27.9. The van der Waals surface area contributed by atoms with E-state index in [1.165, 1.54) is 0 Å². The number of carboxylic acids is 2. The Labute approximate surface area is 314 Å². The monoisotopic (exact) mass is 794 g/mol. The number of nitrogens with zero attached hydrogens (tertiary/aromatic N) is 1. The van der Waals surface area contributed by atoms with Crippen LogP contribution in [-0.4, -0.2) is 116 Å². The maximum absolute atomic E-state index is 10.1. The molecule has 0 unspecified atom stereocenters. The second-order valence-corrected chi connectivity index (χ2v) is 11.4. The maximum atomic E-state index is 10.1. The second-order valence-electron chi connectivity index (χ2n) is 10.4. The number of carboxylic acid groups (broad SMARTS) is 2. The Kier molecular flexibility index (Phi) is 24.9. The van der Waals surface area contributed by atoms with E-state index in [2.05, 4.69) is 36.4 Å². The molecule has 0 heterocycles. The van der Waals surface area contributed by atoms with Gasteiger partial charge in [-0.05, 0) is 61.4 Å². The van der Waals surface area contributed by atoms with Crippen molar-refractivity contribution in [1.82, 2.24) is 21.3 Å². The Hall–Kier alpha value is -4.47. The Bertz CT molecular complexity index is 1420. The summed E-state index contributed by atoms with van der Waals surface area (Å²) in [4.78, 5) is 19.1. The minimum Gasteiger partial charge on any atom is -0.481 e. The van der Waals surface area contributed by atoms with Gasteiger partial charge in [0.25, 0.3) is 5.97 Å². The van der Waals surface area contributed by atoms with Gasteiger partial charge in [0.15, 0.2) is 24.0 Å². The number of aliphatic hydroxyl groups excluding tert-OH is 5. The molecule has 4 atom stereocenters. The SMILES string of the molecule is CC(=O)O.N=C(NCCCCCCNC(=NCl)NC(=N)Nc1ccc(Cl)cc1)NC(=N)Nc1ccc(Cl)cc1.O=C(O)[C@H](O)[C@@H](O)[C@H](O)[C@H](O)CO. The van der Waals surface area contributed by atoms with Crippen LogP contribution >= 0.6 is 35.0 Å². The molecule has 290 valence electrons. The third kappa shape index (κ3) is 23.1. The van der Waals surface area contributed by atoms with E-state index in [-0.39, 0.29) is 23.8 Å². The van der Waals surface area contributed by atoms with E-state index < -0.39 is 43.0 Å². The molecule has 0 aromatic heterocycles. The summed E-state index contributed by atoms with van der Waals surface area (Å²) in [5.74, 6) is -2.19. The van der Waals surface area contributed by atoms with Crippen LogP contribution in [0.5, 0.6) is 0 Å². The van der Waals surface area contributed by atoms with Gasteiger partial charge in [0.1, 0.15) is 18.3 Å². The van der Waals surface area contributed by atoms with Crippen molar-refractivity contribution in [3.8, 4) is 0 Å². The molecule has 52 heavy (non-hydrogen) atoms. The van der Waals surface area contributed by atoms with Crippen molar-refractivity contribution < 1.29 is 45.3 Å². The molecule has 0 saturated carbocycles. The number of nitrogens with one attached hydrogen (secondary N) is 9. The predicted octanol–water partition coefficient (Wildman–Crippen LogP) is 1.35. The first-order chi connectivity index (χ1) is 24.5. The lowest BCUT2D eigenvalue weighted by Gasteiger charge is -2.23. The largest absolute Gasteiger partial charge is 0.481 e. The summed E-state index contributed by atoms with van der Waals surface area (Å²) in [7, 11) is 0. The van der Waals surface area contributed by atoms with Crippen LogP contribution in [0.25, 0.3) is 0 Å². The molecule has 0 saturated heterocycles. The molecule has 0 bridgehead atoms. The van der Waals surface area contributed by atoms with Crippen molar-refractivity contribution in [1.29, 1.82) is 16.2 Å². The highest BCUT2D eigenvalue weighted by Crippen LogP contribution is 2.14. The van der Waals surface area contributed by atoms with E-state index in [0.29, 0.717) is 34.5 Å². The molecule has 0 aliphatic rings. The summed E-state index contributed by atoms with van der Waals surface area (Å²) in [6.45, 7) is 1.51. The Morgan fingerprint density at radius 3 is 1.54 bits per heavy atom. The molecule has 22 heteroatoms. The number of hydrogen-bond acceptors (Lipinski definition) is 11. The number of hydrogen-bond donors (Lipinski definition) is 16. The molecule has 2 aromatic carbocycles. The standard InChI is InChI=1S/C22H29Cl3N10.C6H12O7.C2H4O2/c23-15-5-9-17(10-6-15)31-20(27)33-19(26)29-13-3-1-2-4-14-30-22(35-25)34-21(28)32-18-11-7-16(24)8-12-18;7-1-2(8)3(9)4(10)5(11)6(12)13;1-2(3)4/h5-12H,1-4,13-14H2,(H5,26,27,29,31,33)(H4,28,30,32,34,35);2-5,7-11H,1H2,(H,12,13);1H3,(H,3,4)/t;2-,3-,4+,5-;/m.1./s1. The van der Waals surface area contributed by atoms with Crippen molar-refractivity contribution in [3.63, 3.8) is 0 Å². The highest BCUT2D eigenvalue weighted by Gasteiger charge is 2.33. The second kappa shape index (κ2) is 27.2. The Balaban J connectivity index is 0.00000127. The minimum atomic E-state index is -2.20. The first-order valence-electron chi connectivity index (χ1n) is 15.3. The zero-order chi connectivity index (χ0) is 39.6. The summed E-state index contributed by atoms with van der Waals surface area (Å²) in [5, 5.41) is 101. The van der Waals surface area contributed by atoms with Crippen LogP contribution in [0.3, 0.4) is 0 Å². The molecule has 0 radical (unpaired) electrons. The fourth-order valence-electron chi connectivity index (χ4n) is 3.49. The predicted molar refractivity (Wildman–Crippen MR) is 199 cm³/mol. The molecule has 0 amide bonds. The lowest BCUT2D eigenvalue weighted by Crippen LogP contribution is -2.48. The number of benzene rings is 2. The van der Waals surface area contributed by atoms with Crippen LogP contribution in [0.2, 0.25) is 10.0 Å². The molecule has 19 nitrogen and oxygen atoms in total. The molecule has 2 aromatic rings. The number of halogens is 3. The van der Waals surface area contributed by atoms with Crippen LogP contribution in [0.15, 0.2) is 53.0 Å². The van der Waals surface area contributed by atoms with Gasteiger partial charge in [0.05, 0.1) is 6.61 Å². The van der Waals surface area contributed by atoms with Crippen molar-refractivity contribution in [3.05, 3.63) is 58.6 Å². The fourth-order valence-corrected chi connectivity index (χ4v) is 3.85. The number of carbonyl (C=O) groups is 2. The van der Waals surface area contributed by atoms with E-state index in [4.69, 9.17) is 91.7 Å². The molecule has 0 fully saturated rings. The van der Waals surface area contributed by atoms with Gasteiger partial charge in [-0.3, -0.25) is 31.7 Å². The summed E-state index contributed by atoms with van der Waals surface area (Å²) in [6.07, 6.45) is -4.12. The van der Waals surface area contributed by atoms with Gasteiger partial charge in [-0.15, -0.1) is 4.51 Å². The lowest BCUT2D eigenvalue weighted by molar-refractivity contribution is -0.164. The normalized spacial score (nSPS) is 12.8. The highest BCUT2D eigenvalue weighted by atomic mass is 35.5. The third-order valence-corrected chi connectivity index (χ3v) is 6.68. The number of aliphatic carboxylic acids is 2. The van der Waals surface area contributed by atoms with Gasteiger partial charge in [-0.25, -0.2) is 4.79 Å². The van der Waals surface area contributed by atoms with Crippen LogP contribution in [0.4, 0.5) is 11.4 Å². The summed E-state index contributed by atoms with van der Waals surface area (Å²) < 4.78 is 3.60. The van der Waals surface area contributed by atoms with Crippen LogP contribution in [0, 0.1) is 16.2 Å².